The quantitative estimate of drug-likeness (QED) is 0.497. The van der Waals surface area contributed by atoms with Crippen molar-refractivity contribution in [1.82, 2.24) is 0 Å². The van der Waals surface area contributed by atoms with Crippen LogP contribution < -0.4 is 0 Å². The smallest absolute Gasteiger partial charge is 0.184 e. The van der Waals surface area contributed by atoms with Crippen LogP contribution in [-0.4, -0.2) is 67.3 Å². The summed E-state index contributed by atoms with van der Waals surface area (Å²) in [5.74, 6) is 0. The van der Waals surface area contributed by atoms with Crippen LogP contribution >= 0.6 is 0 Å². The van der Waals surface area contributed by atoms with Crippen LogP contribution in [0.25, 0.3) is 0 Å². The lowest BCUT2D eigenvalue weighted by atomic mass is 9.98. The molecule has 1 fully saturated rings. The van der Waals surface area contributed by atoms with Gasteiger partial charge in [-0.15, -0.1) is 0 Å². The Morgan fingerprint density at radius 1 is 0.792 bits per heavy atom. The molecular weight excluding hydrogens is 312 g/mol. The van der Waals surface area contributed by atoms with Gasteiger partial charge in [-0.05, 0) is 19.3 Å². The molecule has 0 aromatic carbocycles. The summed E-state index contributed by atoms with van der Waals surface area (Å²) in [6.07, 6.45) is 2.04. The van der Waals surface area contributed by atoms with E-state index < -0.39 is 30.7 Å². The van der Waals surface area contributed by atoms with E-state index >= 15 is 0 Å². The van der Waals surface area contributed by atoms with Crippen molar-refractivity contribution in [3.63, 3.8) is 0 Å². The molecule has 0 aliphatic carbocycles. The maximum Gasteiger partial charge on any atom is 0.184 e. The second kappa shape index (κ2) is 13.0. The zero-order chi connectivity index (χ0) is 17.8. The monoisotopic (exact) mass is 348 g/mol. The van der Waals surface area contributed by atoms with Gasteiger partial charge in [-0.1, -0.05) is 40.0 Å². The van der Waals surface area contributed by atoms with Crippen molar-refractivity contribution in [2.24, 2.45) is 0 Å². The first-order chi connectivity index (χ1) is 11.7. The van der Waals surface area contributed by atoms with Crippen LogP contribution in [0.2, 0.25) is 0 Å². The molecule has 0 aromatic heterocycles. The molecule has 6 nitrogen and oxygen atoms in total. The molecule has 6 heteroatoms. The van der Waals surface area contributed by atoms with E-state index in [2.05, 4.69) is 20.8 Å². The van der Waals surface area contributed by atoms with Crippen LogP contribution in [-0.2, 0) is 18.9 Å². The fourth-order valence-corrected chi connectivity index (χ4v) is 2.61. The highest BCUT2D eigenvalue weighted by atomic mass is 16.7. The second-order valence-electron chi connectivity index (χ2n) is 6.36. The third-order valence-electron chi connectivity index (χ3n) is 4.17. The first-order valence-electron chi connectivity index (χ1n) is 9.48. The van der Waals surface area contributed by atoms with Gasteiger partial charge in [0.1, 0.15) is 24.4 Å². The molecular formula is C18H36O6. The Balaban J connectivity index is 2.68. The summed E-state index contributed by atoms with van der Waals surface area (Å²) in [6, 6.07) is 0. The molecule has 0 radical (unpaired) electrons. The van der Waals surface area contributed by atoms with Gasteiger partial charge in [0, 0.05) is 19.8 Å². The predicted octanol–water partition coefficient (Wildman–Crippen LogP) is 2.25. The third-order valence-corrected chi connectivity index (χ3v) is 4.17. The normalized spacial score (nSPS) is 30.6. The molecule has 2 N–H and O–H groups in total. The van der Waals surface area contributed by atoms with Gasteiger partial charge in [-0.3, -0.25) is 0 Å². The Bertz CT molecular complexity index is 301. The van der Waals surface area contributed by atoms with E-state index in [4.69, 9.17) is 18.9 Å². The van der Waals surface area contributed by atoms with Gasteiger partial charge < -0.3 is 29.2 Å². The van der Waals surface area contributed by atoms with Crippen LogP contribution in [0, 0.1) is 0 Å². The molecule has 0 saturated carbocycles. The van der Waals surface area contributed by atoms with Gasteiger partial charge >= 0.3 is 0 Å². The molecule has 1 aliphatic rings. The molecule has 1 saturated heterocycles. The maximum atomic E-state index is 10.3. The zero-order valence-electron chi connectivity index (χ0n) is 15.5. The fourth-order valence-electron chi connectivity index (χ4n) is 2.61. The van der Waals surface area contributed by atoms with E-state index in [9.17, 15) is 10.2 Å². The Labute approximate surface area is 146 Å². The van der Waals surface area contributed by atoms with Gasteiger partial charge in [0.2, 0.25) is 0 Å². The van der Waals surface area contributed by atoms with Gasteiger partial charge in [0.05, 0.1) is 6.61 Å². The van der Waals surface area contributed by atoms with Crippen molar-refractivity contribution in [3.05, 3.63) is 0 Å². The average molecular weight is 348 g/mol. The molecule has 144 valence electrons. The minimum Gasteiger partial charge on any atom is -0.385 e. The molecule has 1 aliphatic heterocycles. The standard InChI is InChI=1S/C18H36O6/c1-4-7-10-21-13-14-16(22-11-8-5-2)17(23-12-9-6-3)15(19)18(20)24-14/h14-20H,4-13H2,1-3H3/t14?,15-,16+,17?,18+/m0/s1. The fraction of sp³-hybridized carbons (Fsp3) is 1.00. The zero-order valence-corrected chi connectivity index (χ0v) is 15.5. The van der Waals surface area contributed by atoms with Crippen LogP contribution in [0.15, 0.2) is 0 Å². The lowest BCUT2D eigenvalue weighted by Gasteiger charge is -2.42. The Morgan fingerprint density at radius 3 is 1.92 bits per heavy atom. The molecule has 0 aromatic rings. The van der Waals surface area contributed by atoms with Gasteiger partial charge in [-0.2, -0.15) is 0 Å². The average Bonchev–Trinajstić information content (AvgIpc) is 2.58. The van der Waals surface area contributed by atoms with E-state index in [-0.39, 0.29) is 0 Å². The molecule has 1 rings (SSSR count). The summed E-state index contributed by atoms with van der Waals surface area (Å²) in [5, 5.41) is 20.3. The van der Waals surface area contributed by atoms with E-state index in [0.717, 1.165) is 38.5 Å². The van der Waals surface area contributed by atoms with Crippen molar-refractivity contribution >= 4 is 0 Å². The van der Waals surface area contributed by atoms with Crippen molar-refractivity contribution < 1.29 is 29.2 Å². The van der Waals surface area contributed by atoms with E-state index in [0.29, 0.717) is 26.4 Å². The van der Waals surface area contributed by atoms with Gasteiger partial charge in [-0.25, -0.2) is 0 Å². The number of aliphatic hydroxyl groups excluding tert-OH is 2. The van der Waals surface area contributed by atoms with Crippen molar-refractivity contribution in [1.29, 1.82) is 0 Å². The third kappa shape index (κ3) is 7.33. The molecule has 0 amide bonds. The summed E-state index contributed by atoms with van der Waals surface area (Å²) in [7, 11) is 0. The second-order valence-corrected chi connectivity index (χ2v) is 6.36. The summed E-state index contributed by atoms with van der Waals surface area (Å²) in [6.45, 7) is 8.37. The lowest BCUT2D eigenvalue weighted by molar-refractivity contribution is -0.303. The molecule has 5 atom stereocenters. The summed E-state index contributed by atoms with van der Waals surface area (Å²) >= 11 is 0. The minimum absolute atomic E-state index is 0.328. The van der Waals surface area contributed by atoms with Crippen molar-refractivity contribution in [2.75, 3.05) is 26.4 Å². The van der Waals surface area contributed by atoms with Crippen LogP contribution in [0.5, 0.6) is 0 Å². The molecule has 1 heterocycles. The first-order valence-corrected chi connectivity index (χ1v) is 9.48. The highest BCUT2D eigenvalue weighted by Gasteiger charge is 2.46. The number of hydrogen-bond donors (Lipinski definition) is 2. The largest absolute Gasteiger partial charge is 0.385 e. The first kappa shape index (κ1) is 21.8. The predicted molar refractivity (Wildman–Crippen MR) is 91.9 cm³/mol. The number of aliphatic hydroxyl groups is 2. The Morgan fingerprint density at radius 2 is 1.33 bits per heavy atom. The topological polar surface area (TPSA) is 77.4 Å². The Kier molecular flexibility index (Phi) is 11.8. The maximum absolute atomic E-state index is 10.3. The highest BCUT2D eigenvalue weighted by Crippen LogP contribution is 2.26. The summed E-state index contributed by atoms with van der Waals surface area (Å²) in [5.41, 5.74) is 0. The van der Waals surface area contributed by atoms with Crippen molar-refractivity contribution in [3.8, 4) is 0 Å². The summed E-state index contributed by atoms with van der Waals surface area (Å²) in [4.78, 5) is 0. The van der Waals surface area contributed by atoms with E-state index in [1.165, 1.54) is 0 Å². The Hall–Kier alpha value is -0.240. The summed E-state index contributed by atoms with van der Waals surface area (Å²) < 4.78 is 23.0. The minimum atomic E-state index is -1.28. The lowest BCUT2D eigenvalue weighted by Crippen LogP contribution is -2.60. The van der Waals surface area contributed by atoms with Gasteiger partial charge in [0.25, 0.3) is 0 Å². The van der Waals surface area contributed by atoms with Crippen LogP contribution in [0.3, 0.4) is 0 Å². The van der Waals surface area contributed by atoms with Crippen molar-refractivity contribution in [2.45, 2.75) is 90.0 Å². The molecule has 2 unspecified atom stereocenters. The highest BCUT2D eigenvalue weighted by molar-refractivity contribution is 4.91. The van der Waals surface area contributed by atoms with Crippen LogP contribution in [0.4, 0.5) is 0 Å². The number of rotatable bonds is 13. The SMILES string of the molecule is CCCCOCC1O[C@@H](O)[C@@H](O)C(OCCCC)[C@@H]1OCCCC. The molecule has 24 heavy (non-hydrogen) atoms. The van der Waals surface area contributed by atoms with Gasteiger partial charge in [0.15, 0.2) is 6.29 Å². The number of ether oxygens (including phenoxy) is 4. The van der Waals surface area contributed by atoms with Crippen LogP contribution in [0.1, 0.15) is 59.3 Å². The molecule has 0 bridgehead atoms. The number of unbranched alkanes of at least 4 members (excludes halogenated alkanes) is 3. The van der Waals surface area contributed by atoms with E-state index in [1.54, 1.807) is 0 Å². The number of hydrogen-bond acceptors (Lipinski definition) is 6. The molecule has 0 spiro atoms. The van der Waals surface area contributed by atoms with E-state index in [1.807, 2.05) is 0 Å².